The molecule has 0 fully saturated rings. The normalized spacial score (nSPS) is 15.2. The summed E-state index contributed by atoms with van der Waals surface area (Å²) in [6.07, 6.45) is 17.2. The Bertz CT molecular complexity index is 1200. The van der Waals surface area contributed by atoms with Crippen molar-refractivity contribution in [2.75, 3.05) is 6.61 Å². The lowest BCUT2D eigenvalue weighted by atomic mass is 9.70. The summed E-state index contributed by atoms with van der Waals surface area (Å²) in [4.78, 5) is 11.4. The number of aliphatic hydroxyl groups is 1. The van der Waals surface area contributed by atoms with Gasteiger partial charge in [-0.2, -0.15) is 0 Å². The van der Waals surface area contributed by atoms with Gasteiger partial charge in [-0.25, -0.2) is 0 Å². The fraction of sp³-hybridized carbons (Fsp3) is 0.541. The third-order valence-electron chi connectivity index (χ3n) is 9.02. The van der Waals surface area contributed by atoms with Gasteiger partial charge in [0.1, 0.15) is 18.1 Å². The molecule has 2 aromatic carbocycles. The summed E-state index contributed by atoms with van der Waals surface area (Å²) < 4.78 is 11.1. The molecule has 0 saturated heterocycles. The first-order chi connectivity index (χ1) is 19.7. The number of rotatable bonds is 17. The second-order valence-corrected chi connectivity index (χ2v) is 11.8. The van der Waals surface area contributed by atoms with Crippen LogP contribution in [-0.4, -0.2) is 23.3 Å². The highest BCUT2D eigenvalue weighted by Crippen LogP contribution is 2.41. The highest BCUT2D eigenvalue weighted by atomic mass is 16.6. The molecule has 0 spiro atoms. The zero-order valence-electron chi connectivity index (χ0n) is 26.4. The first-order valence-electron chi connectivity index (χ1n) is 15.9. The van der Waals surface area contributed by atoms with Crippen LogP contribution < -0.4 is 4.74 Å². The van der Waals surface area contributed by atoms with Gasteiger partial charge in [0, 0.05) is 5.41 Å². The fourth-order valence-electron chi connectivity index (χ4n) is 6.00. The molecule has 0 aromatic heterocycles. The van der Waals surface area contributed by atoms with Gasteiger partial charge in [0.25, 0.3) is 0 Å². The van der Waals surface area contributed by atoms with Gasteiger partial charge < -0.3 is 14.6 Å². The molecule has 3 rings (SSSR count). The van der Waals surface area contributed by atoms with Gasteiger partial charge in [-0.05, 0) is 79.5 Å². The largest absolute Gasteiger partial charge is 0.485 e. The molecule has 4 nitrogen and oxygen atoms in total. The number of cyclic esters (lactones) is 1. The predicted molar refractivity (Wildman–Crippen MR) is 170 cm³/mol. The monoisotopic (exact) mass is 560 g/mol. The van der Waals surface area contributed by atoms with Crippen LogP contribution >= 0.6 is 0 Å². The number of hydrogen-bond acceptors (Lipinski definition) is 4. The fourth-order valence-corrected chi connectivity index (χ4v) is 6.00. The van der Waals surface area contributed by atoms with E-state index in [-0.39, 0.29) is 18.0 Å². The molecule has 1 heterocycles. The molecule has 1 aliphatic rings. The number of aryl methyl sites for hydroxylation is 2. The Morgan fingerprint density at radius 2 is 1.54 bits per heavy atom. The van der Waals surface area contributed by atoms with Crippen LogP contribution in [0.15, 0.2) is 54.3 Å². The molecule has 0 aliphatic carbocycles. The Morgan fingerprint density at radius 3 is 2.12 bits per heavy atom. The van der Waals surface area contributed by atoms with Crippen molar-refractivity contribution in [2.45, 2.75) is 123 Å². The van der Waals surface area contributed by atoms with Gasteiger partial charge in [-0.3, -0.25) is 4.79 Å². The van der Waals surface area contributed by atoms with Crippen LogP contribution in [0.3, 0.4) is 0 Å². The Kier molecular flexibility index (Phi) is 12.3. The number of esters is 1. The predicted octanol–water partition coefficient (Wildman–Crippen LogP) is 9.52. The minimum atomic E-state index is -0.746. The van der Waals surface area contributed by atoms with Crippen LogP contribution in [0, 0.1) is 13.8 Å². The summed E-state index contributed by atoms with van der Waals surface area (Å²) in [6.45, 7) is 13.3. The molecule has 0 amide bonds. The van der Waals surface area contributed by atoms with Crippen molar-refractivity contribution in [3.8, 4) is 5.75 Å². The van der Waals surface area contributed by atoms with Crippen molar-refractivity contribution in [1.29, 1.82) is 0 Å². The highest BCUT2D eigenvalue weighted by Gasteiger charge is 2.31. The third-order valence-corrected chi connectivity index (χ3v) is 9.02. The average Bonchev–Trinajstić information content (AvgIpc) is 3.39. The average molecular weight is 561 g/mol. The van der Waals surface area contributed by atoms with Crippen LogP contribution in [0.25, 0.3) is 6.08 Å². The van der Waals surface area contributed by atoms with Gasteiger partial charge in [0.15, 0.2) is 0 Å². The van der Waals surface area contributed by atoms with Crippen molar-refractivity contribution >= 4 is 12.0 Å². The maximum absolute atomic E-state index is 11.4. The summed E-state index contributed by atoms with van der Waals surface area (Å²) in [7, 11) is 0. The number of unbranched alkanes of at least 4 members (excludes halogenated alkanes) is 5. The van der Waals surface area contributed by atoms with Crippen molar-refractivity contribution in [3.63, 3.8) is 0 Å². The molecule has 224 valence electrons. The summed E-state index contributed by atoms with van der Waals surface area (Å²) in [5, 5.41) is 11.2. The minimum Gasteiger partial charge on any atom is -0.485 e. The zero-order chi connectivity index (χ0) is 29.9. The quantitative estimate of drug-likeness (QED) is 0.155. The molecule has 1 atom stereocenters. The van der Waals surface area contributed by atoms with E-state index >= 15 is 0 Å². The second-order valence-electron chi connectivity index (χ2n) is 11.8. The van der Waals surface area contributed by atoms with Crippen molar-refractivity contribution in [3.05, 3.63) is 82.1 Å². The Balaban J connectivity index is 1.74. The molecule has 4 heteroatoms. The van der Waals surface area contributed by atoms with Gasteiger partial charge >= 0.3 is 5.97 Å². The molecule has 1 unspecified atom stereocenters. The van der Waals surface area contributed by atoms with Crippen LogP contribution in [0.5, 0.6) is 5.75 Å². The molecule has 41 heavy (non-hydrogen) atoms. The van der Waals surface area contributed by atoms with Crippen LogP contribution in [0.4, 0.5) is 0 Å². The summed E-state index contributed by atoms with van der Waals surface area (Å²) in [5.41, 5.74) is 5.18. The zero-order valence-corrected chi connectivity index (χ0v) is 26.4. The smallest absolute Gasteiger partial charge is 0.314 e. The molecular formula is C37H52O4. The molecular weight excluding hydrogens is 508 g/mol. The lowest BCUT2D eigenvalue weighted by molar-refractivity contribution is -0.136. The molecule has 0 radical (unpaired) electrons. The number of benzene rings is 2. The topological polar surface area (TPSA) is 55.8 Å². The Labute approximate surface area is 248 Å². The number of carbonyl (C=O) groups is 1. The van der Waals surface area contributed by atoms with E-state index < -0.39 is 5.60 Å². The number of carbonyl (C=O) groups excluding carboxylic acids is 1. The first kappa shape index (κ1) is 32.7. The van der Waals surface area contributed by atoms with E-state index in [0.29, 0.717) is 12.2 Å². The van der Waals surface area contributed by atoms with E-state index in [9.17, 15) is 9.90 Å². The standard InChI is InChI=1S/C37H52O4/c1-7-11-12-13-14-15-23-36(39,8-2)24-22-30-16-17-31(25-28(30)5)37(9-3,10-4)32-18-20-34(29(6)26-32)40-27-33-19-21-35(38)41-33/h16-20,22,24-26,39H,7-15,21,23,27H2,1-6H3. The maximum atomic E-state index is 11.4. The van der Waals surface area contributed by atoms with Gasteiger partial charge in [-0.15, -0.1) is 0 Å². The van der Waals surface area contributed by atoms with Crippen molar-refractivity contribution in [1.82, 2.24) is 0 Å². The summed E-state index contributed by atoms with van der Waals surface area (Å²) in [5.74, 6) is 1.16. The van der Waals surface area contributed by atoms with Crippen LogP contribution in [0.1, 0.15) is 126 Å². The second kappa shape index (κ2) is 15.4. The molecule has 2 aromatic rings. The minimum absolute atomic E-state index is 0.109. The lowest BCUT2D eigenvalue weighted by Gasteiger charge is -2.34. The molecule has 0 bridgehead atoms. The van der Waals surface area contributed by atoms with Crippen molar-refractivity contribution < 1.29 is 19.4 Å². The number of hydrogen-bond donors (Lipinski definition) is 1. The third kappa shape index (κ3) is 8.58. The van der Waals surface area contributed by atoms with E-state index in [1.54, 1.807) is 6.08 Å². The van der Waals surface area contributed by atoms with Gasteiger partial charge in [0.05, 0.1) is 12.0 Å². The van der Waals surface area contributed by atoms with Crippen molar-refractivity contribution in [2.24, 2.45) is 0 Å². The molecule has 1 aliphatic heterocycles. The first-order valence-corrected chi connectivity index (χ1v) is 15.9. The summed E-state index contributed by atoms with van der Waals surface area (Å²) in [6, 6.07) is 13.3. The number of ether oxygens (including phenoxy) is 2. The van der Waals surface area contributed by atoms with E-state index in [0.717, 1.165) is 49.0 Å². The summed E-state index contributed by atoms with van der Waals surface area (Å²) >= 11 is 0. The molecule has 1 N–H and O–H groups in total. The maximum Gasteiger partial charge on any atom is 0.314 e. The van der Waals surface area contributed by atoms with Crippen LogP contribution in [0.2, 0.25) is 0 Å². The van der Waals surface area contributed by atoms with Crippen LogP contribution in [-0.2, 0) is 14.9 Å². The van der Waals surface area contributed by atoms with E-state index in [4.69, 9.17) is 9.47 Å². The SMILES string of the molecule is CCCCCCCCC(O)(C=Cc1ccc(C(CC)(CC)c2ccc(OCC3=CCC(=O)O3)c(C)c2)cc1C)CC. The van der Waals surface area contributed by atoms with Gasteiger partial charge in [0.2, 0.25) is 0 Å². The van der Waals surface area contributed by atoms with E-state index in [1.807, 2.05) is 12.1 Å². The van der Waals surface area contributed by atoms with E-state index in [1.165, 1.54) is 48.8 Å². The van der Waals surface area contributed by atoms with Gasteiger partial charge in [-0.1, -0.05) is 109 Å². The Hall–Kier alpha value is -2.85. The Morgan fingerprint density at radius 1 is 0.878 bits per heavy atom. The highest BCUT2D eigenvalue weighted by molar-refractivity contribution is 5.75. The molecule has 0 saturated carbocycles. The lowest BCUT2D eigenvalue weighted by Crippen LogP contribution is -2.26. The van der Waals surface area contributed by atoms with E-state index in [2.05, 4.69) is 78.0 Å².